The van der Waals surface area contributed by atoms with E-state index >= 15 is 0 Å². The zero-order valence-electron chi connectivity index (χ0n) is 22.1. The zero-order chi connectivity index (χ0) is 26.1. The van der Waals surface area contributed by atoms with Gasteiger partial charge in [-0.2, -0.15) is 5.10 Å². The van der Waals surface area contributed by atoms with Gasteiger partial charge in [0, 0.05) is 6.04 Å². The third-order valence-electron chi connectivity index (χ3n) is 7.35. The van der Waals surface area contributed by atoms with Crippen LogP contribution in [-0.4, -0.2) is 47.0 Å². The fraction of sp³-hybridized carbons (Fsp3) is 0.607. The van der Waals surface area contributed by atoms with Gasteiger partial charge in [0.1, 0.15) is 11.5 Å². The number of aromatic nitrogens is 2. The van der Waals surface area contributed by atoms with Gasteiger partial charge >= 0.3 is 5.97 Å². The molecule has 8 heteroatoms. The van der Waals surface area contributed by atoms with Crippen molar-refractivity contribution >= 4 is 11.9 Å². The number of nitrogens with zero attached hydrogens (tertiary/aromatic N) is 2. The van der Waals surface area contributed by atoms with Gasteiger partial charge in [-0.05, 0) is 49.8 Å². The average molecular weight is 500 g/mol. The largest absolute Gasteiger partial charge is 0.496 e. The first-order valence-corrected chi connectivity index (χ1v) is 13.2. The first-order valence-electron chi connectivity index (χ1n) is 13.2. The molecule has 1 aromatic carbocycles. The number of ether oxygens (including phenoxy) is 2. The molecule has 3 rings (SSSR count). The van der Waals surface area contributed by atoms with Crippen LogP contribution in [0.1, 0.15) is 94.6 Å². The lowest BCUT2D eigenvalue weighted by Gasteiger charge is -2.24. The third-order valence-corrected chi connectivity index (χ3v) is 7.35. The maximum Gasteiger partial charge on any atom is 0.305 e. The smallest absolute Gasteiger partial charge is 0.305 e. The number of hydrogen-bond donors (Lipinski definition) is 2. The summed E-state index contributed by atoms with van der Waals surface area (Å²) >= 11 is 0. The fourth-order valence-corrected chi connectivity index (χ4v) is 5.32. The molecule has 0 bridgehead atoms. The van der Waals surface area contributed by atoms with Gasteiger partial charge in [0.25, 0.3) is 5.91 Å². The standard InChI is InChI=1S/C28H41N3O5/c1-5-21(6-2)31-23(27-24(35-3)13-10-14-25(27)36-4)18-22(30-31)28(34)29-20(17-26(32)33)16-15-19-11-8-7-9-12-19/h10,13-14,18-21H,5-9,11-12,15-17H2,1-4H3,(H,29,34)(H,32,33)/t20-/m0/s1. The molecule has 1 saturated carbocycles. The van der Waals surface area contributed by atoms with Gasteiger partial charge in [-0.3, -0.25) is 14.3 Å². The second-order valence-corrected chi connectivity index (χ2v) is 9.72. The summed E-state index contributed by atoms with van der Waals surface area (Å²) < 4.78 is 13.1. The molecule has 1 amide bonds. The van der Waals surface area contributed by atoms with Crippen LogP contribution in [0.2, 0.25) is 0 Å². The Bertz CT molecular complexity index is 986. The number of carboxylic acid groups (broad SMARTS) is 1. The topological polar surface area (TPSA) is 103 Å². The second kappa shape index (κ2) is 13.3. The lowest BCUT2D eigenvalue weighted by Crippen LogP contribution is -2.37. The van der Waals surface area contributed by atoms with E-state index in [1.54, 1.807) is 20.3 Å². The van der Waals surface area contributed by atoms with E-state index < -0.39 is 12.0 Å². The van der Waals surface area contributed by atoms with Crippen LogP contribution in [0.3, 0.4) is 0 Å². The number of nitrogens with one attached hydrogen (secondary N) is 1. The van der Waals surface area contributed by atoms with Gasteiger partial charge in [-0.15, -0.1) is 0 Å². The number of carbonyl (C=O) groups is 2. The van der Waals surface area contributed by atoms with Crippen molar-refractivity contribution in [1.29, 1.82) is 0 Å². The van der Waals surface area contributed by atoms with Crippen molar-refractivity contribution in [3.63, 3.8) is 0 Å². The summed E-state index contributed by atoms with van der Waals surface area (Å²) in [6, 6.07) is 6.98. The number of methoxy groups -OCH3 is 2. The summed E-state index contributed by atoms with van der Waals surface area (Å²) in [4.78, 5) is 24.9. The summed E-state index contributed by atoms with van der Waals surface area (Å²) in [6.45, 7) is 4.18. The number of hydrogen-bond acceptors (Lipinski definition) is 5. The van der Waals surface area contributed by atoms with E-state index in [1.165, 1.54) is 32.1 Å². The van der Waals surface area contributed by atoms with Crippen molar-refractivity contribution in [3.05, 3.63) is 30.0 Å². The summed E-state index contributed by atoms with van der Waals surface area (Å²) in [7, 11) is 3.21. The molecule has 0 aliphatic heterocycles. The number of carboxylic acids is 1. The van der Waals surface area contributed by atoms with E-state index in [2.05, 4.69) is 19.2 Å². The van der Waals surface area contributed by atoms with E-state index in [0.29, 0.717) is 23.8 Å². The Morgan fingerprint density at radius 1 is 1.11 bits per heavy atom. The Hall–Kier alpha value is -3.03. The van der Waals surface area contributed by atoms with Crippen LogP contribution in [0, 0.1) is 5.92 Å². The molecule has 1 fully saturated rings. The van der Waals surface area contributed by atoms with Crippen LogP contribution in [-0.2, 0) is 4.79 Å². The zero-order valence-corrected chi connectivity index (χ0v) is 22.1. The van der Waals surface area contributed by atoms with Crippen molar-refractivity contribution in [2.24, 2.45) is 5.92 Å². The van der Waals surface area contributed by atoms with Crippen LogP contribution < -0.4 is 14.8 Å². The summed E-state index contributed by atoms with van der Waals surface area (Å²) in [5.41, 5.74) is 1.73. The maximum atomic E-state index is 13.4. The number of amides is 1. The molecule has 0 unspecified atom stereocenters. The van der Waals surface area contributed by atoms with Crippen LogP contribution in [0.5, 0.6) is 11.5 Å². The Morgan fingerprint density at radius 2 is 1.75 bits per heavy atom. The van der Waals surface area contributed by atoms with Crippen molar-refractivity contribution < 1.29 is 24.2 Å². The highest BCUT2D eigenvalue weighted by Crippen LogP contribution is 2.40. The van der Waals surface area contributed by atoms with Gasteiger partial charge in [0.2, 0.25) is 0 Å². The minimum atomic E-state index is -0.911. The van der Waals surface area contributed by atoms with Crippen molar-refractivity contribution in [2.45, 2.75) is 90.1 Å². The van der Waals surface area contributed by atoms with Gasteiger partial charge in [0.05, 0.1) is 37.9 Å². The molecule has 1 heterocycles. The summed E-state index contributed by atoms with van der Waals surface area (Å²) in [5, 5.41) is 17.1. The Morgan fingerprint density at radius 3 is 2.31 bits per heavy atom. The molecule has 2 aromatic rings. The Kier molecular flexibility index (Phi) is 10.2. The molecule has 198 valence electrons. The monoisotopic (exact) mass is 499 g/mol. The van der Waals surface area contributed by atoms with Gasteiger partial charge in [0.15, 0.2) is 5.69 Å². The molecule has 1 aliphatic rings. The molecule has 1 aliphatic carbocycles. The molecule has 1 atom stereocenters. The van der Waals surface area contributed by atoms with Gasteiger partial charge in [-0.25, -0.2) is 0 Å². The lowest BCUT2D eigenvalue weighted by molar-refractivity contribution is -0.137. The maximum absolute atomic E-state index is 13.4. The Balaban J connectivity index is 1.90. The molecule has 2 N–H and O–H groups in total. The SMILES string of the molecule is CCC(CC)n1nc(C(=O)N[C@@H](CCC2CCCCC2)CC(=O)O)cc1-c1c(OC)cccc1OC. The third kappa shape index (κ3) is 6.80. The number of carbonyl (C=O) groups excluding carboxylic acids is 1. The van der Waals surface area contributed by atoms with E-state index in [9.17, 15) is 14.7 Å². The molecule has 0 radical (unpaired) electrons. The van der Waals surface area contributed by atoms with Crippen LogP contribution >= 0.6 is 0 Å². The van der Waals surface area contributed by atoms with Gasteiger partial charge in [-0.1, -0.05) is 52.0 Å². The van der Waals surface area contributed by atoms with E-state index in [-0.39, 0.29) is 24.1 Å². The minimum absolute atomic E-state index is 0.0808. The highest BCUT2D eigenvalue weighted by molar-refractivity contribution is 5.94. The molecule has 8 nitrogen and oxygen atoms in total. The van der Waals surface area contributed by atoms with E-state index in [0.717, 1.165) is 30.5 Å². The molecular formula is C28H41N3O5. The Labute approximate surface area is 214 Å². The summed E-state index contributed by atoms with van der Waals surface area (Å²) in [5.74, 6) is 0.607. The van der Waals surface area contributed by atoms with Crippen LogP contribution in [0.15, 0.2) is 24.3 Å². The van der Waals surface area contributed by atoms with Crippen LogP contribution in [0.25, 0.3) is 11.3 Å². The lowest BCUT2D eigenvalue weighted by atomic mass is 9.85. The average Bonchev–Trinajstić information content (AvgIpc) is 3.32. The normalized spacial score (nSPS) is 15.0. The predicted octanol–water partition coefficient (Wildman–Crippen LogP) is 5.86. The molecule has 0 saturated heterocycles. The van der Waals surface area contributed by atoms with Crippen molar-refractivity contribution in [2.75, 3.05) is 14.2 Å². The highest BCUT2D eigenvalue weighted by Gasteiger charge is 2.26. The predicted molar refractivity (Wildman–Crippen MR) is 140 cm³/mol. The number of rotatable bonds is 13. The minimum Gasteiger partial charge on any atom is -0.496 e. The quantitative estimate of drug-likeness (QED) is 0.358. The van der Waals surface area contributed by atoms with Gasteiger partial charge < -0.3 is 19.9 Å². The van der Waals surface area contributed by atoms with E-state index in [1.807, 2.05) is 22.9 Å². The fourth-order valence-electron chi connectivity index (χ4n) is 5.32. The van der Waals surface area contributed by atoms with E-state index in [4.69, 9.17) is 14.6 Å². The molecular weight excluding hydrogens is 458 g/mol. The first-order chi connectivity index (χ1) is 17.4. The number of benzene rings is 1. The van der Waals surface area contributed by atoms with Crippen molar-refractivity contribution in [1.82, 2.24) is 15.1 Å². The van der Waals surface area contributed by atoms with Crippen LogP contribution in [0.4, 0.5) is 0 Å². The molecule has 0 spiro atoms. The highest BCUT2D eigenvalue weighted by atomic mass is 16.5. The van der Waals surface area contributed by atoms with Crippen molar-refractivity contribution in [3.8, 4) is 22.8 Å². The number of aliphatic carboxylic acids is 1. The summed E-state index contributed by atoms with van der Waals surface area (Å²) in [6.07, 6.45) is 9.32. The molecule has 36 heavy (non-hydrogen) atoms. The second-order valence-electron chi connectivity index (χ2n) is 9.72. The molecule has 1 aromatic heterocycles. The first kappa shape index (κ1) is 27.6.